The fraction of sp³-hybridized carbons (Fsp3) is 0.600. The van der Waals surface area contributed by atoms with Crippen molar-refractivity contribution < 1.29 is 5.11 Å². The van der Waals surface area contributed by atoms with E-state index in [-0.39, 0.29) is 6.01 Å². The molecule has 1 aromatic heterocycles. The molecule has 0 saturated carbocycles. The van der Waals surface area contributed by atoms with Crippen LogP contribution in [0.25, 0.3) is 0 Å². The van der Waals surface area contributed by atoms with Crippen LogP contribution in [0.3, 0.4) is 0 Å². The Hall–Kier alpha value is -0.710. The lowest BCUT2D eigenvalue weighted by Crippen LogP contribution is -1.97. The Kier molecular flexibility index (Phi) is 2.16. The van der Waals surface area contributed by atoms with E-state index in [4.69, 9.17) is 5.11 Å². The van der Waals surface area contributed by atoms with Crippen LogP contribution in [0, 0.1) is 0 Å². The Morgan fingerprint density at radius 3 is 2.80 bits per heavy atom. The van der Waals surface area contributed by atoms with E-state index in [9.17, 15) is 0 Å². The zero-order valence-corrected chi connectivity index (χ0v) is 6.72. The fourth-order valence-corrected chi connectivity index (χ4v) is 1.23. The van der Waals surface area contributed by atoms with Crippen LogP contribution in [-0.2, 0) is 6.54 Å². The molecule has 4 nitrogen and oxygen atoms in total. The minimum Gasteiger partial charge on any atom is -0.478 e. The molecule has 0 radical (unpaired) electrons. The molecule has 0 saturated heterocycles. The molecule has 1 N–H and O–H groups in total. The Morgan fingerprint density at radius 1 is 1.70 bits per heavy atom. The second kappa shape index (κ2) is 2.92. The van der Waals surface area contributed by atoms with Crippen molar-refractivity contribution >= 4 is 11.8 Å². The standard InChI is InChI=1S/C5H9N3OS/c1-3-8-5(10-2)6-4(9)7-8/h3H2,1-2H3,(H,7,9). The van der Waals surface area contributed by atoms with Crippen molar-refractivity contribution in [3.63, 3.8) is 0 Å². The van der Waals surface area contributed by atoms with Crippen molar-refractivity contribution in [1.82, 2.24) is 14.8 Å². The molecule has 1 heterocycles. The van der Waals surface area contributed by atoms with Gasteiger partial charge in [0.2, 0.25) is 0 Å². The summed E-state index contributed by atoms with van der Waals surface area (Å²) in [6.45, 7) is 2.69. The largest absolute Gasteiger partial charge is 0.478 e. The first-order chi connectivity index (χ1) is 4.77. The lowest BCUT2D eigenvalue weighted by Gasteiger charge is -1.95. The molecule has 0 atom stereocenters. The molecule has 1 rings (SSSR count). The summed E-state index contributed by atoms with van der Waals surface area (Å²) < 4.78 is 1.65. The van der Waals surface area contributed by atoms with Crippen molar-refractivity contribution in [1.29, 1.82) is 0 Å². The van der Waals surface area contributed by atoms with Gasteiger partial charge in [-0.3, -0.25) is 0 Å². The van der Waals surface area contributed by atoms with E-state index < -0.39 is 0 Å². The van der Waals surface area contributed by atoms with Gasteiger partial charge in [0.1, 0.15) is 0 Å². The van der Waals surface area contributed by atoms with E-state index in [1.165, 1.54) is 11.8 Å². The van der Waals surface area contributed by atoms with Crippen LogP contribution in [0.2, 0.25) is 0 Å². The van der Waals surface area contributed by atoms with E-state index in [1.54, 1.807) is 4.68 Å². The van der Waals surface area contributed by atoms with Crippen LogP contribution in [0.15, 0.2) is 5.16 Å². The zero-order valence-electron chi connectivity index (χ0n) is 5.90. The maximum Gasteiger partial charge on any atom is 0.333 e. The second-order valence-corrected chi connectivity index (χ2v) is 2.49. The maximum atomic E-state index is 8.84. The monoisotopic (exact) mass is 159 g/mol. The highest BCUT2D eigenvalue weighted by Gasteiger charge is 2.04. The van der Waals surface area contributed by atoms with E-state index in [0.717, 1.165) is 11.7 Å². The predicted molar refractivity (Wildman–Crippen MR) is 39.1 cm³/mol. The van der Waals surface area contributed by atoms with Crippen LogP contribution in [-0.4, -0.2) is 26.1 Å². The molecule has 0 fully saturated rings. The summed E-state index contributed by atoms with van der Waals surface area (Å²) in [5.74, 6) is 0. The third-order valence-electron chi connectivity index (χ3n) is 1.11. The summed E-state index contributed by atoms with van der Waals surface area (Å²) in [7, 11) is 0. The van der Waals surface area contributed by atoms with Gasteiger partial charge in [0.25, 0.3) is 0 Å². The van der Waals surface area contributed by atoms with Gasteiger partial charge < -0.3 is 5.11 Å². The van der Waals surface area contributed by atoms with Crippen LogP contribution >= 0.6 is 11.8 Å². The summed E-state index contributed by atoms with van der Waals surface area (Å²) in [6, 6.07) is -0.147. The Morgan fingerprint density at radius 2 is 2.40 bits per heavy atom. The number of thioether (sulfide) groups is 1. The molecule has 5 heteroatoms. The Bertz CT molecular complexity index is 201. The van der Waals surface area contributed by atoms with Gasteiger partial charge in [0, 0.05) is 6.54 Å². The van der Waals surface area contributed by atoms with Crippen molar-refractivity contribution in [2.75, 3.05) is 6.26 Å². The van der Waals surface area contributed by atoms with Crippen LogP contribution in [0.5, 0.6) is 6.01 Å². The summed E-state index contributed by atoms with van der Waals surface area (Å²) in [5.41, 5.74) is 0. The molecular formula is C5H9N3OS. The highest BCUT2D eigenvalue weighted by molar-refractivity contribution is 7.98. The number of nitrogens with zero attached hydrogens (tertiary/aromatic N) is 3. The molecule has 0 spiro atoms. The van der Waals surface area contributed by atoms with Crippen molar-refractivity contribution in [3.05, 3.63) is 0 Å². The second-order valence-electron chi connectivity index (χ2n) is 1.71. The number of rotatable bonds is 2. The fourth-order valence-electron chi connectivity index (χ4n) is 0.673. The van der Waals surface area contributed by atoms with Gasteiger partial charge in [0.15, 0.2) is 5.16 Å². The van der Waals surface area contributed by atoms with Gasteiger partial charge in [-0.1, -0.05) is 11.8 Å². The quantitative estimate of drug-likeness (QED) is 0.646. The molecule has 10 heavy (non-hydrogen) atoms. The molecule has 0 aliphatic heterocycles. The topological polar surface area (TPSA) is 50.9 Å². The normalized spacial score (nSPS) is 10.2. The van der Waals surface area contributed by atoms with E-state index in [0.29, 0.717) is 0 Å². The van der Waals surface area contributed by atoms with Crippen molar-refractivity contribution in [2.24, 2.45) is 0 Å². The highest BCUT2D eigenvalue weighted by Crippen LogP contribution is 2.13. The Balaban J connectivity index is 2.96. The number of aryl methyl sites for hydroxylation is 1. The minimum absolute atomic E-state index is 0.147. The van der Waals surface area contributed by atoms with E-state index in [1.807, 2.05) is 13.2 Å². The lowest BCUT2D eigenvalue weighted by molar-refractivity contribution is 0.424. The molecule has 56 valence electrons. The average Bonchev–Trinajstić information content (AvgIpc) is 2.30. The number of aromatic hydroxyl groups is 1. The summed E-state index contributed by atoms with van der Waals surface area (Å²) in [4.78, 5) is 3.77. The molecular weight excluding hydrogens is 150 g/mol. The molecule has 0 unspecified atom stereocenters. The number of aromatic nitrogens is 3. The summed E-state index contributed by atoms with van der Waals surface area (Å²) in [6.07, 6.45) is 1.90. The van der Waals surface area contributed by atoms with Gasteiger partial charge in [-0.25, -0.2) is 4.68 Å². The molecule has 0 amide bonds. The summed E-state index contributed by atoms with van der Waals surface area (Å²) >= 11 is 1.47. The highest BCUT2D eigenvalue weighted by atomic mass is 32.2. The van der Waals surface area contributed by atoms with Crippen molar-refractivity contribution in [3.8, 4) is 6.01 Å². The van der Waals surface area contributed by atoms with E-state index in [2.05, 4.69) is 10.1 Å². The molecule has 0 bridgehead atoms. The third kappa shape index (κ3) is 1.23. The van der Waals surface area contributed by atoms with Gasteiger partial charge in [-0.05, 0) is 13.2 Å². The molecule has 0 aliphatic rings. The first kappa shape index (κ1) is 7.40. The zero-order chi connectivity index (χ0) is 7.56. The van der Waals surface area contributed by atoms with Crippen LogP contribution < -0.4 is 0 Å². The first-order valence-electron chi connectivity index (χ1n) is 2.95. The van der Waals surface area contributed by atoms with E-state index >= 15 is 0 Å². The van der Waals surface area contributed by atoms with Crippen LogP contribution in [0.1, 0.15) is 6.92 Å². The van der Waals surface area contributed by atoms with Gasteiger partial charge in [0.05, 0.1) is 0 Å². The molecule has 0 aliphatic carbocycles. The molecule has 1 aromatic rings. The van der Waals surface area contributed by atoms with Gasteiger partial charge >= 0.3 is 6.01 Å². The molecule has 0 aromatic carbocycles. The SMILES string of the molecule is CCn1nc(O)nc1SC. The average molecular weight is 159 g/mol. The van der Waals surface area contributed by atoms with Crippen molar-refractivity contribution in [2.45, 2.75) is 18.6 Å². The third-order valence-corrected chi connectivity index (χ3v) is 1.78. The maximum absolute atomic E-state index is 8.84. The smallest absolute Gasteiger partial charge is 0.333 e. The number of hydrogen-bond acceptors (Lipinski definition) is 4. The lowest BCUT2D eigenvalue weighted by atomic mass is 10.8. The minimum atomic E-state index is -0.147. The van der Waals surface area contributed by atoms with Gasteiger partial charge in [-0.2, -0.15) is 4.98 Å². The summed E-state index contributed by atoms with van der Waals surface area (Å²) in [5, 5.41) is 13.3. The Labute approximate surface area is 63.3 Å². The number of hydrogen-bond donors (Lipinski definition) is 1. The first-order valence-corrected chi connectivity index (χ1v) is 4.18. The predicted octanol–water partition coefficient (Wildman–Crippen LogP) is 0.726. The van der Waals surface area contributed by atoms with Crippen LogP contribution in [0.4, 0.5) is 0 Å². The van der Waals surface area contributed by atoms with Gasteiger partial charge in [-0.15, -0.1) is 5.10 Å².